The molecule has 20 heavy (non-hydrogen) atoms. The first-order valence-electron chi connectivity index (χ1n) is 7.02. The summed E-state index contributed by atoms with van der Waals surface area (Å²) in [5, 5.41) is 0. The number of carbonyl (C=O) groups is 3. The van der Waals surface area contributed by atoms with Crippen LogP contribution in [0.15, 0.2) is 0 Å². The maximum absolute atomic E-state index is 11.6. The number of carbonyl (C=O) groups excluding carboxylic acids is 3. The third-order valence-electron chi connectivity index (χ3n) is 2.26. The van der Waals surface area contributed by atoms with Gasteiger partial charge in [0.25, 0.3) is 0 Å². The summed E-state index contributed by atoms with van der Waals surface area (Å²) >= 11 is -4.43. The van der Waals surface area contributed by atoms with Crippen LogP contribution in [0.25, 0.3) is 0 Å². The van der Waals surface area contributed by atoms with Crippen LogP contribution in [0.3, 0.4) is 0 Å². The summed E-state index contributed by atoms with van der Waals surface area (Å²) in [6.45, 7) is 5.50. The average Bonchev–Trinajstić information content (AvgIpc) is 2.28. The molecule has 6 nitrogen and oxygen atoms in total. The van der Waals surface area contributed by atoms with E-state index in [1.54, 1.807) is 0 Å². The van der Waals surface area contributed by atoms with Crippen molar-refractivity contribution in [1.82, 2.24) is 0 Å². The predicted octanol–water partition coefficient (Wildman–Crippen LogP) is 2.59. The fraction of sp³-hybridized carbons (Fsp3) is 0.769. The van der Waals surface area contributed by atoms with Gasteiger partial charge in [-0.3, -0.25) is 0 Å². The second-order valence-corrected chi connectivity index (χ2v) is 11.2. The van der Waals surface area contributed by atoms with Gasteiger partial charge in [0.05, 0.1) is 0 Å². The molecule has 0 aliphatic carbocycles. The van der Waals surface area contributed by atoms with Gasteiger partial charge in [-0.05, 0) is 0 Å². The molecule has 0 aromatic heterocycles. The van der Waals surface area contributed by atoms with Gasteiger partial charge < -0.3 is 0 Å². The van der Waals surface area contributed by atoms with E-state index < -0.39 is 37.5 Å². The van der Waals surface area contributed by atoms with Gasteiger partial charge in [-0.2, -0.15) is 0 Å². The molecule has 0 aromatic rings. The summed E-state index contributed by atoms with van der Waals surface area (Å²) in [5.41, 5.74) is 0. The van der Waals surface area contributed by atoms with Gasteiger partial charge in [-0.25, -0.2) is 0 Å². The van der Waals surface area contributed by atoms with Crippen LogP contribution in [0, 0.1) is 0 Å². The molecule has 0 aromatic carbocycles. The first kappa shape index (κ1) is 19.2. The van der Waals surface area contributed by atoms with Gasteiger partial charge in [-0.1, -0.05) is 0 Å². The molecule has 7 heteroatoms. The van der Waals surface area contributed by atoms with Crippen molar-refractivity contribution in [3.8, 4) is 0 Å². The van der Waals surface area contributed by atoms with Crippen molar-refractivity contribution in [3.63, 3.8) is 0 Å². The Hall–Kier alpha value is -0.791. The molecule has 0 aliphatic rings. The first-order valence-corrected chi connectivity index (χ1v) is 13.4. The van der Waals surface area contributed by atoms with Crippen molar-refractivity contribution >= 4 is 37.5 Å². The van der Waals surface area contributed by atoms with E-state index in [0.29, 0.717) is 19.3 Å². The third kappa shape index (κ3) is 8.39. The Bertz CT molecular complexity index is 291. The van der Waals surface area contributed by atoms with Crippen LogP contribution in [0.1, 0.15) is 59.3 Å². The topological polar surface area (TPSA) is 78.9 Å². The zero-order chi connectivity index (χ0) is 15.6. The Morgan fingerprint density at radius 3 is 1.15 bits per heavy atom. The summed E-state index contributed by atoms with van der Waals surface area (Å²) < 4.78 is 15.6. The van der Waals surface area contributed by atoms with Crippen LogP contribution < -0.4 is 0 Å². The van der Waals surface area contributed by atoms with Crippen LogP contribution in [0.5, 0.6) is 0 Å². The van der Waals surface area contributed by atoms with Crippen LogP contribution in [0.4, 0.5) is 0 Å². The standard InChI is InChI=1S/3C4H8O2.CH3.Sn/c3*1-2-3-4(5)6;;/h3*2-3H2,1H3,(H,5,6);1H3;/q;;;;+3/p-3. The average molecular weight is 395 g/mol. The normalized spacial score (nSPS) is 10.8. The second-order valence-electron chi connectivity index (χ2n) is 4.53. The summed E-state index contributed by atoms with van der Waals surface area (Å²) in [6, 6.07) is 0. The third-order valence-corrected chi connectivity index (χ3v) is 7.38. The monoisotopic (exact) mass is 396 g/mol. The van der Waals surface area contributed by atoms with Crippen LogP contribution in [0.2, 0.25) is 4.94 Å². The minimum atomic E-state index is -4.43. The summed E-state index contributed by atoms with van der Waals surface area (Å²) in [4.78, 5) is 36.2. The van der Waals surface area contributed by atoms with Crippen molar-refractivity contribution in [2.45, 2.75) is 64.2 Å². The fourth-order valence-electron chi connectivity index (χ4n) is 1.45. The second kappa shape index (κ2) is 10.0. The van der Waals surface area contributed by atoms with E-state index in [1.807, 2.05) is 20.8 Å². The van der Waals surface area contributed by atoms with Crippen LogP contribution in [-0.4, -0.2) is 37.5 Å². The predicted molar refractivity (Wildman–Crippen MR) is 74.6 cm³/mol. The van der Waals surface area contributed by atoms with Crippen LogP contribution >= 0.6 is 0 Å². The molecule has 0 amide bonds. The summed E-state index contributed by atoms with van der Waals surface area (Å²) in [5.74, 6) is -1.46. The molecule has 0 saturated carbocycles. The number of hydrogen-bond donors (Lipinski definition) is 0. The Kier molecular flexibility index (Phi) is 9.61. The van der Waals surface area contributed by atoms with Crippen molar-refractivity contribution < 1.29 is 23.6 Å². The molecule has 0 rings (SSSR count). The van der Waals surface area contributed by atoms with Gasteiger partial charge >= 0.3 is 125 Å². The molecule has 0 aliphatic heterocycles. The van der Waals surface area contributed by atoms with Gasteiger partial charge in [0.15, 0.2) is 0 Å². The number of hydrogen-bond acceptors (Lipinski definition) is 6. The van der Waals surface area contributed by atoms with Crippen molar-refractivity contribution in [2.75, 3.05) is 0 Å². The molecular weight excluding hydrogens is 371 g/mol. The van der Waals surface area contributed by atoms with E-state index in [2.05, 4.69) is 0 Å². The van der Waals surface area contributed by atoms with E-state index in [9.17, 15) is 14.4 Å². The Morgan fingerprint density at radius 1 is 0.700 bits per heavy atom. The zero-order valence-electron chi connectivity index (χ0n) is 12.7. The Balaban J connectivity index is 4.77. The van der Waals surface area contributed by atoms with Gasteiger partial charge in [0, 0.05) is 0 Å². The molecule has 0 N–H and O–H groups in total. The Morgan fingerprint density at radius 2 is 0.950 bits per heavy atom. The van der Waals surface area contributed by atoms with Crippen molar-refractivity contribution in [1.29, 1.82) is 0 Å². The van der Waals surface area contributed by atoms with Crippen molar-refractivity contribution in [3.05, 3.63) is 0 Å². The molecule has 0 spiro atoms. The van der Waals surface area contributed by atoms with Crippen LogP contribution in [-0.2, 0) is 23.6 Å². The van der Waals surface area contributed by atoms with Gasteiger partial charge in [0.2, 0.25) is 0 Å². The fourth-order valence-corrected chi connectivity index (χ4v) is 6.22. The SMILES string of the molecule is CCCC(=O)[O][Sn]([CH3])([O]C(=O)CCC)[O]C(=O)CCC. The molecule has 0 atom stereocenters. The maximum atomic E-state index is 11.6. The minimum absolute atomic E-state index is 0.211. The van der Waals surface area contributed by atoms with E-state index in [4.69, 9.17) is 9.22 Å². The number of rotatable bonds is 9. The molecule has 0 unspecified atom stereocenters. The van der Waals surface area contributed by atoms with E-state index >= 15 is 0 Å². The first-order chi connectivity index (χ1) is 9.36. The molecule has 0 radical (unpaired) electrons. The summed E-state index contributed by atoms with van der Waals surface area (Å²) in [6.07, 6.45) is 2.49. The van der Waals surface area contributed by atoms with Gasteiger partial charge in [0.1, 0.15) is 0 Å². The molecule has 0 fully saturated rings. The van der Waals surface area contributed by atoms with E-state index in [-0.39, 0.29) is 19.3 Å². The summed E-state index contributed by atoms with van der Waals surface area (Å²) in [7, 11) is 0. The van der Waals surface area contributed by atoms with E-state index in [0.717, 1.165) is 0 Å². The zero-order valence-corrected chi connectivity index (χ0v) is 15.5. The molecule has 0 saturated heterocycles. The molecule has 0 bridgehead atoms. The molecular formula is C13H24O6Sn. The van der Waals surface area contributed by atoms with Crippen molar-refractivity contribution in [2.24, 2.45) is 0 Å². The molecule has 0 heterocycles. The van der Waals surface area contributed by atoms with E-state index in [1.165, 1.54) is 4.94 Å². The Labute approximate surface area is 125 Å². The quantitative estimate of drug-likeness (QED) is 0.559. The molecule has 116 valence electrons. The van der Waals surface area contributed by atoms with Gasteiger partial charge in [-0.15, -0.1) is 0 Å².